The van der Waals surface area contributed by atoms with Crippen molar-refractivity contribution in [2.75, 3.05) is 31.2 Å². The first-order valence-electron chi connectivity index (χ1n) is 17.8. The molecule has 1 amide bonds. The first-order valence-corrected chi connectivity index (χ1v) is 19.9. The average Bonchev–Trinajstić information content (AvgIpc) is 3.16. The standard InChI is InChI=1S/C39H51ClN2O6S/c1-6-30-11-7-8-12-34(46-23-36(43)48-38(2,3)4)31-16-13-28(31)22-42-24-39(19-9-10-26-20-29(40)15-17-32(26)39)25-47-35-18-14-27(21-33(35)42)37(44)41-49(30,5)45/h8,12,14-15,17-18,20-21,28,30-31,34H,5-7,9-11,13,16,19,22-25H2,1-4H3,(H,41,44,45)/b12-8+/t28-,30+,31+,34-,39-,49?/m0/s1. The van der Waals surface area contributed by atoms with E-state index in [9.17, 15) is 13.8 Å². The first-order chi connectivity index (χ1) is 23.3. The Morgan fingerprint density at radius 3 is 2.73 bits per heavy atom. The zero-order chi connectivity index (χ0) is 35.0. The summed E-state index contributed by atoms with van der Waals surface area (Å²) >= 11 is 6.46. The van der Waals surface area contributed by atoms with Gasteiger partial charge >= 0.3 is 5.97 Å². The first kappa shape index (κ1) is 35.8. The Bertz CT molecular complexity index is 1700. The molecular formula is C39H51ClN2O6S. The van der Waals surface area contributed by atoms with Crippen LogP contribution in [0.5, 0.6) is 5.75 Å². The highest BCUT2D eigenvalue weighted by Gasteiger charge is 2.44. The van der Waals surface area contributed by atoms with Crippen molar-refractivity contribution in [3.63, 3.8) is 0 Å². The molecule has 6 atom stereocenters. The normalized spacial score (nSPS) is 30.9. The second-order valence-electron chi connectivity index (χ2n) is 15.3. The molecule has 49 heavy (non-hydrogen) atoms. The lowest BCUT2D eigenvalue weighted by Gasteiger charge is -2.46. The predicted molar refractivity (Wildman–Crippen MR) is 197 cm³/mol. The van der Waals surface area contributed by atoms with Gasteiger partial charge in [0.25, 0.3) is 5.91 Å². The molecule has 1 N–H and O–H groups in total. The summed E-state index contributed by atoms with van der Waals surface area (Å²) in [4.78, 5) is 28.8. The molecule has 2 aromatic carbocycles. The van der Waals surface area contributed by atoms with E-state index in [4.69, 9.17) is 25.8 Å². The number of allylic oxidation sites excluding steroid dienone is 1. The lowest BCUT2D eigenvalue weighted by molar-refractivity contribution is -0.163. The van der Waals surface area contributed by atoms with Gasteiger partial charge in [-0.15, -0.1) is 0 Å². The van der Waals surface area contributed by atoms with Crippen molar-refractivity contribution in [1.82, 2.24) is 4.72 Å². The van der Waals surface area contributed by atoms with E-state index in [1.807, 2.05) is 45.9 Å². The number of carbonyl (C=O) groups excluding carboxylic acids is 2. The number of hydrogen-bond donors (Lipinski definition) is 1. The van der Waals surface area contributed by atoms with E-state index in [-0.39, 0.29) is 41.2 Å². The van der Waals surface area contributed by atoms with Crippen molar-refractivity contribution in [2.45, 2.75) is 101 Å². The predicted octanol–water partition coefficient (Wildman–Crippen LogP) is 7.06. The topological polar surface area (TPSA) is 94.2 Å². The van der Waals surface area contributed by atoms with Crippen LogP contribution < -0.4 is 14.4 Å². The fraction of sp³-hybridized carbons (Fsp3) is 0.564. The van der Waals surface area contributed by atoms with Crippen LogP contribution in [-0.2, 0) is 35.8 Å². The molecule has 0 saturated heterocycles. The Labute approximate surface area is 297 Å². The number of fused-ring (bicyclic) bond motifs is 4. The molecule has 8 nitrogen and oxygen atoms in total. The van der Waals surface area contributed by atoms with Gasteiger partial charge in [-0.25, -0.2) is 9.00 Å². The number of anilines is 1. The van der Waals surface area contributed by atoms with Crippen LogP contribution in [0.1, 0.15) is 94.1 Å². The fourth-order valence-corrected chi connectivity index (χ4v) is 9.97. The average molecular weight is 711 g/mol. The highest BCUT2D eigenvalue weighted by Crippen LogP contribution is 2.47. The van der Waals surface area contributed by atoms with Gasteiger partial charge < -0.3 is 19.1 Å². The SMILES string of the molecule is C=S1(=O)NC(=O)c2ccc3c(c2)N(C[C@@H]2CC[C@H]2[C@@H](OCC(=O)OC(C)(C)C)/C=C/CC[C@H]1CC)C[C@@]1(CCCc2cc(Cl)ccc21)CO3. The maximum absolute atomic E-state index is 13.9. The minimum Gasteiger partial charge on any atom is -0.490 e. The molecule has 2 aromatic rings. The van der Waals surface area contributed by atoms with Crippen LogP contribution in [-0.4, -0.2) is 65.2 Å². The number of nitrogens with zero attached hydrogens (tertiary/aromatic N) is 1. The summed E-state index contributed by atoms with van der Waals surface area (Å²) in [7, 11) is -2.94. The van der Waals surface area contributed by atoms with Crippen molar-refractivity contribution >= 4 is 44.7 Å². The van der Waals surface area contributed by atoms with Gasteiger partial charge in [0.05, 0.1) is 28.1 Å². The summed E-state index contributed by atoms with van der Waals surface area (Å²) in [6.45, 7) is 9.37. The van der Waals surface area contributed by atoms with Crippen molar-refractivity contribution in [1.29, 1.82) is 0 Å². The molecule has 0 aromatic heterocycles. The van der Waals surface area contributed by atoms with Crippen LogP contribution >= 0.6 is 11.6 Å². The van der Waals surface area contributed by atoms with E-state index in [0.29, 0.717) is 38.0 Å². The summed E-state index contributed by atoms with van der Waals surface area (Å²) in [5.74, 6) is 4.45. The number of ether oxygens (including phenoxy) is 3. The zero-order valence-corrected chi connectivity index (χ0v) is 30.9. The van der Waals surface area contributed by atoms with Crippen LogP contribution in [0.4, 0.5) is 5.69 Å². The second kappa shape index (κ2) is 14.3. The van der Waals surface area contributed by atoms with Crippen molar-refractivity contribution in [3.05, 3.63) is 70.3 Å². The molecule has 2 heterocycles. The Morgan fingerprint density at radius 2 is 2.00 bits per heavy atom. The third-order valence-corrected chi connectivity index (χ3v) is 13.1. The second-order valence-corrected chi connectivity index (χ2v) is 18.1. The van der Waals surface area contributed by atoms with Gasteiger partial charge in [-0.2, -0.15) is 0 Å². The Balaban J connectivity index is 1.38. The molecular weight excluding hydrogens is 660 g/mol. The van der Waals surface area contributed by atoms with Crippen molar-refractivity contribution in [2.24, 2.45) is 11.8 Å². The van der Waals surface area contributed by atoms with Crippen molar-refractivity contribution in [3.8, 4) is 5.75 Å². The fourth-order valence-electron chi connectivity index (χ4n) is 8.12. The minimum atomic E-state index is -2.94. The summed E-state index contributed by atoms with van der Waals surface area (Å²) in [6, 6.07) is 11.8. The molecule has 10 heteroatoms. The van der Waals surface area contributed by atoms with Crippen LogP contribution in [0.15, 0.2) is 48.6 Å². The van der Waals surface area contributed by atoms with E-state index in [1.54, 1.807) is 6.07 Å². The van der Waals surface area contributed by atoms with Crippen molar-refractivity contribution < 1.29 is 28.0 Å². The van der Waals surface area contributed by atoms with E-state index < -0.39 is 21.2 Å². The van der Waals surface area contributed by atoms with E-state index >= 15 is 0 Å². The van der Waals surface area contributed by atoms with E-state index in [1.165, 1.54) is 11.1 Å². The summed E-state index contributed by atoms with van der Waals surface area (Å²) in [6.07, 6.45) is 10.7. The Morgan fingerprint density at radius 1 is 1.18 bits per heavy atom. The lowest BCUT2D eigenvalue weighted by atomic mass is 9.68. The number of carbonyl (C=O) groups is 2. The molecule has 1 saturated carbocycles. The maximum Gasteiger partial charge on any atom is 0.332 e. The lowest BCUT2D eigenvalue weighted by Crippen LogP contribution is -2.50. The number of nitrogens with one attached hydrogen (secondary N) is 1. The molecule has 2 aliphatic heterocycles. The number of hydrogen-bond acceptors (Lipinski definition) is 7. The Hall–Kier alpha value is -3.01. The van der Waals surface area contributed by atoms with Gasteiger partial charge in [0.1, 0.15) is 18.0 Å². The van der Waals surface area contributed by atoms with Gasteiger partial charge in [0, 0.05) is 34.3 Å². The van der Waals surface area contributed by atoms with Crippen LogP contribution in [0, 0.1) is 11.8 Å². The van der Waals surface area contributed by atoms with Crippen LogP contribution in [0.3, 0.4) is 0 Å². The van der Waals surface area contributed by atoms with Gasteiger partial charge in [-0.1, -0.05) is 36.7 Å². The number of rotatable bonds is 4. The van der Waals surface area contributed by atoms with Crippen LogP contribution in [0.2, 0.25) is 5.02 Å². The quantitative estimate of drug-likeness (QED) is 0.206. The largest absolute Gasteiger partial charge is 0.490 e. The summed E-state index contributed by atoms with van der Waals surface area (Å²) in [5.41, 5.74) is 2.97. The Kier molecular flexibility index (Phi) is 10.5. The molecule has 266 valence electrons. The maximum atomic E-state index is 13.9. The number of amides is 1. The molecule has 6 rings (SSSR count). The highest BCUT2D eigenvalue weighted by molar-refractivity contribution is 7.99. The zero-order valence-electron chi connectivity index (χ0n) is 29.3. The van der Waals surface area contributed by atoms with Gasteiger partial charge in [-0.05, 0) is 131 Å². The highest BCUT2D eigenvalue weighted by atomic mass is 35.5. The molecule has 1 spiro atoms. The molecule has 4 aliphatic rings. The number of halogens is 1. The summed E-state index contributed by atoms with van der Waals surface area (Å²) < 4.78 is 35.2. The third kappa shape index (κ3) is 7.99. The molecule has 0 radical (unpaired) electrons. The molecule has 2 aliphatic carbocycles. The number of esters is 1. The number of aryl methyl sites for hydroxylation is 1. The van der Waals surface area contributed by atoms with Gasteiger partial charge in [-0.3, -0.25) is 9.52 Å². The third-order valence-electron chi connectivity index (χ3n) is 10.7. The number of benzene rings is 2. The van der Waals surface area contributed by atoms with E-state index in [0.717, 1.165) is 55.1 Å². The van der Waals surface area contributed by atoms with E-state index in [2.05, 4.69) is 39.8 Å². The van der Waals surface area contributed by atoms with Gasteiger partial charge in [0.15, 0.2) is 0 Å². The monoisotopic (exact) mass is 710 g/mol. The molecule has 1 unspecified atom stereocenters. The van der Waals surface area contributed by atoms with Crippen LogP contribution in [0.25, 0.3) is 0 Å². The van der Waals surface area contributed by atoms with Gasteiger partial charge in [0.2, 0.25) is 0 Å². The minimum absolute atomic E-state index is 0.127. The molecule has 2 bridgehead atoms. The summed E-state index contributed by atoms with van der Waals surface area (Å²) in [5, 5.41) is 0.441. The molecule has 1 fully saturated rings. The smallest absolute Gasteiger partial charge is 0.332 e.